The predicted octanol–water partition coefficient (Wildman–Crippen LogP) is 2.86. The van der Waals surface area contributed by atoms with Gasteiger partial charge < -0.3 is 14.6 Å². The summed E-state index contributed by atoms with van der Waals surface area (Å²) in [6.45, 7) is 0. The number of nitrogens with zero attached hydrogens (tertiary/aromatic N) is 1. The van der Waals surface area contributed by atoms with Crippen LogP contribution in [0.15, 0.2) is 36.5 Å². The van der Waals surface area contributed by atoms with Crippen LogP contribution in [0.5, 0.6) is 11.5 Å². The second kappa shape index (κ2) is 5.74. The van der Waals surface area contributed by atoms with E-state index in [0.717, 1.165) is 24.1 Å². The van der Waals surface area contributed by atoms with Crippen molar-refractivity contribution < 1.29 is 14.6 Å². The van der Waals surface area contributed by atoms with E-state index in [4.69, 9.17) is 9.47 Å². The number of methoxy groups -OCH3 is 2. The number of benzene rings is 1. The van der Waals surface area contributed by atoms with E-state index in [1.165, 1.54) is 5.56 Å². The van der Waals surface area contributed by atoms with Crippen molar-refractivity contribution in [2.45, 2.75) is 24.9 Å². The average molecular weight is 285 g/mol. The first-order valence-corrected chi connectivity index (χ1v) is 7.08. The monoisotopic (exact) mass is 285 g/mol. The molecule has 3 rings (SSSR count). The van der Waals surface area contributed by atoms with E-state index in [0.29, 0.717) is 11.5 Å². The predicted molar refractivity (Wildman–Crippen MR) is 79.8 cm³/mol. The van der Waals surface area contributed by atoms with Gasteiger partial charge in [0.05, 0.1) is 20.3 Å². The Morgan fingerprint density at radius 1 is 1.24 bits per heavy atom. The maximum atomic E-state index is 10.8. The molecule has 0 saturated carbocycles. The highest BCUT2D eigenvalue weighted by molar-refractivity contribution is 5.44. The third-order valence-electron chi connectivity index (χ3n) is 4.14. The third kappa shape index (κ3) is 2.47. The summed E-state index contributed by atoms with van der Waals surface area (Å²) in [5.74, 6) is 1.39. The van der Waals surface area contributed by atoms with Crippen molar-refractivity contribution in [2.75, 3.05) is 14.2 Å². The van der Waals surface area contributed by atoms with Crippen LogP contribution in [0, 0.1) is 0 Å². The first kappa shape index (κ1) is 13.9. The van der Waals surface area contributed by atoms with Crippen LogP contribution in [0.3, 0.4) is 0 Å². The molecule has 0 saturated heterocycles. The van der Waals surface area contributed by atoms with Crippen LogP contribution >= 0.6 is 0 Å². The fourth-order valence-electron chi connectivity index (χ4n) is 3.04. The molecule has 2 unspecified atom stereocenters. The molecule has 0 bridgehead atoms. The fourth-order valence-corrected chi connectivity index (χ4v) is 3.04. The van der Waals surface area contributed by atoms with Crippen LogP contribution in [-0.4, -0.2) is 24.3 Å². The highest BCUT2D eigenvalue weighted by Crippen LogP contribution is 2.43. The molecule has 0 spiro atoms. The molecule has 0 radical (unpaired) electrons. The summed E-state index contributed by atoms with van der Waals surface area (Å²) in [6.07, 6.45) is 2.99. The number of hydrogen-bond donors (Lipinski definition) is 1. The molecule has 21 heavy (non-hydrogen) atoms. The van der Waals surface area contributed by atoms with E-state index >= 15 is 0 Å². The summed E-state index contributed by atoms with van der Waals surface area (Å²) in [6, 6.07) is 9.52. The molecule has 1 aromatic heterocycles. The van der Waals surface area contributed by atoms with E-state index in [-0.39, 0.29) is 5.92 Å². The zero-order valence-electron chi connectivity index (χ0n) is 12.2. The minimum atomic E-state index is -0.647. The molecule has 0 amide bonds. The summed E-state index contributed by atoms with van der Waals surface area (Å²) in [4.78, 5) is 4.45. The topological polar surface area (TPSA) is 51.6 Å². The van der Waals surface area contributed by atoms with Crippen LogP contribution in [0.4, 0.5) is 0 Å². The van der Waals surface area contributed by atoms with Crippen molar-refractivity contribution in [2.24, 2.45) is 0 Å². The number of fused-ring (bicyclic) bond motifs is 1. The lowest BCUT2D eigenvalue weighted by molar-refractivity contribution is 0.139. The quantitative estimate of drug-likeness (QED) is 0.938. The van der Waals surface area contributed by atoms with Gasteiger partial charge in [0.1, 0.15) is 11.5 Å². The lowest BCUT2D eigenvalue weighted by Gasteiger charge is -2.21. The number of aromatic nitrogens is 1. The SMILES string of the molecule is COc1ccc(OC)c(C(O)C2CCc3cccnc32)c1. The lowest BCUT2D eigenvalue weighted by Crippen LogP contribution is -2.11. The van der Waals surface area contributed by atoms with Gasteiger partial charge in [0.25, 0.3) is 0 Å². The van der Waals surface area contributed by atoms with Gasteiger partial charge in [-0.1, -0.05) is 6.07 Å². The highest BCUT2D eigenvalue weighted by Gasteiger charge is 2.32. The van der Waals surface area contributed by atoms with Gasteiger partial charge in [0, 0.05) is 23.4 Å². The maximum absolute atomic E-state index is 10.8. The minimum Gasteiger partial charge on any atom is -0.497 e. The summed E-state index contributed by atoms with van der Waals surface area (Å²) < 4.78 is 10.6. The highest BCUT2D eigenvalue weighted by atomic mass is 16.5. The molecule has 1 aliphatic carbocycles. The molecule has 4 heteroatoms. The van der Waals surface area contributed by atoms with Crippen molar-refractivity contribution in [1.82, 2.24) is 4.98 Å². The zero-order valence-corrected chi connectivity index (χ0v) is 12.2. The maximum Gasteiger partial charge on any atom is 0.124 e. The van der Waals surface area contributed by atoms with Gasteiger partial charge in [-0.2, -0.15) is 0 Å². The fraction of sp³-hybridized carbons (Fsp3) is 0.353. The van der Waals surface area contributed by atoms with Gasteiger partial charge in [-0.25, -0.2) is 0 Å². The van der Waals surface area contributed by atoms with E-state index in [2.05, 4.69) is 11.1 Å². The Labute approximate surface area is 124 Å². The third-order valence-corrected chi connectivity index (χ3v) is 4.14. The molecule has 1 N–H and O–H groups in total. The van der Waals surface area contributed by atoms with Crippen molar-refractivity contribution in [3.63, 3.8) is 0 Å². The normalized spacial score (nSPS) is 18.1. The van der Waals surface area contributed by atoms with Crippen molar-refractivity contribution in [3.05, 3.63) is 53.3 Å². The molecular weight excluding hydrogens is 266 g/mol. The lowest BCUT2D eigenvalue weighted by atomic mass is 9.92. The van der Waals surface area contributed by atoms with Gasteiger partial charge >= 0.3 is 0 Å². The smallest absolute Gasteiger partial charge is 0.124 e. The molecular formula is C17H19NO3. The number of hydrogen-bond acceptors (Lipinski definition) is 4. The molecule has 0 fully saturated rings. The van der Waals surface area contributed by atoms with Crippen LogP contribution in [0.2, 0.25) is 0 Å². The number of pyridine rings is 1. The first-order chi connectivity index (χ1) is 10.2. The molecule has 1 heterocycles. The Kier molecular flexibility index (Phi) is 3.80. The average Bonchev–Trinajstić information content (AvgIpc) is 2.97. The van der Waals surface area contributed by atoms with Crippen LogP contribution in [0.1, 0.15) is 35.3 Å². The molecule has 0 aliphatic heterocycles. The summed E-state index contributed by atoms with van der Waals surface area (Å²) >= 11 is 0. The van der Waals surface area contributed by atoms with E-state index in [1.54, 1.807) is 20.4 Å². The standard InChI is InChI=1S/C17H19NO3/c1-20-12-6-8-15(21-2)14(10-12)17(19)13-7-5-11-4-3-9-18-16(11)13/h3-4,6,8-10,13,17,19H,5,7H2,1-2H3. The Morgan fingerprint density at radius 2 is 2.10 bits per heavy atom. The van der Waals surface area contributed by atoms with E-state index in [9.17, 15) is 5.11 Å². The van der Waals surface area contributed by atoms with Gasteiger partial charge in [-0.05, 0) is 42.7 Å². The Balaban J connectivity index is 1.97. The van der Waals surface area contributed by atoms with E-state index in [1.807, 2.05) is 24.3 Å². The summed E-state index contributed by atoms with van der Waals surface area (Å²) in [7, 11) is 3.23. The van der Waals surface area contributed by atoms with Gasteiger partial charge in [0.15, 0.2) is 0 Å². The van der Waals surface area contributed by atoms with Crippen molar-refractivity contribution >= 4 is 0 Å². The Morgan fingerprint density at radius 3 is 2.86 bits per heavy atom. The second-order valence-corrected chi connectivity index (χ2v) is 5.25. The van der Waals surface area contributed by atoms with Crippen molar-refractivity contribution in [3.8, 4) is 11.5 Å². The molecule has 2 aromatic rings. The van der Waals surface area contributed by atoms with Gasteiger partial charge in [0.2, 0.25) is 0 Å². The number of aryl methyl sites for hydroxylation is 1. The Bertz CT molecular complexity index is 642. The minimum absolute atomic E-state index is 0.00204. The van der Waals surface area contributed by atoms with Gasteiger partial charge in [-0.15, -0.1) is 0 Å². The van der Waals surface area contributed by atoms with Crippen LogP contribution < -0.4 is 9.47 Å². The van der Waals surface area contributed by atoms with Gasteiger partial charge in [-0.3, -0.25) is 4.98 Å². The van der Waals surface area contributed by atoms with Crippen LogP contribution in [0.25, 0.3) is 0 Å². The number of aliphatic hydroxyl groups is 1. The summed E-state index contributed by atoms with van der Waals surface area (Å²) in [5, 5.41) is 10.8. The Hall–Kier alpha value is -2.07. The molecule has 1 aromatic carbocycles. The molecule has 2 atom stereocenters. The van der Waals surface area contributed by atoms with E-state index < -0.39 is 6.10 Å². The number of aliphatic hydroxyl groups excluding tert-OH is 1. The molecule has 110 valence electrons. The molecule has 1 aliphatic rings. The molecule has 4 nitrogen and oxygen atoms in total. The van der Waals surface area contributed by atoms with Crippen molar-refractivity contribution in [1.29, 1.82) is 0 Å². The number of rotatable bonds is 4. The first-order valence-electron chi connectivity index (χ1n) is 7.08. The van der Waals surface area contributed by atoms with Crippen LogP contribution in [-0.2, 0) is 6.42 Å². The second-order valence-electron chi connectivity index (χ2n) is 5.25. The largest absolute Gasteiger partial charge is 0.497 e. The number of ether oxygens (including phenoxy) is 2. The zero-order chi connectivity index (χ0) is 14.8. The summed E-state index contributed by atoms with van der Waals surface area (Å²) in [5.41, 5.74) is 2.97.